The molecule has 0 unspecified atom stereocenters. The van der Waals surface area contributed by atoms with Gasteiger partial charge in [0.05, 0.1) is 22.9 Å². The Balaban J connectivity index is 1.84. The van der Waals surface area contributed by atoms with Crippen LogP contribution in [0.2, 0.25) is 0 Å². The van der Waals surface area contributed by atoms with Crippen molar-refractivity contribution in [1.29, 1.82) is 5.26 Å². The average Bonchev–Trinajstić information content (AvgIpc) is 2.97. The highest BCUT2D eigenvalue weighted by Crippen LogP contribution is 2.38. The molecule has 1 aliphatic rings. The monoisotopic (exact) mass is 514 g/mol. The number of aromatic nitrogens is 1. The van der Waals surface area contributed by atoms with Gasteiger partial charge in [0.15, 0.2) is 11.7 Å². The van der Waals surface area contributed by atoms with Gasteiger partial charge < -0.3 is 14.7 Å². The van der Waals surface area contributed by atoms with Gasteiger partial charge in [-0.25, -0.2) is 13.8 Å². The van der Waals surface area contributed by atoms with Crippen molar-refractivity contribution in [2.75, 3.05) is 18.1 Å². The van der Waals surface area contributed by atoms with E-state index in [-0.39, 0.29) is 23.2 Å². The van der Waals surface area contributed by atoms with Crippen LogP contribution in [-0.4, -0.2) is 50.7 Å². The van der Waals surface area contributed by atoms with E-state index in [2.05, 4.69) is 4.98 Å². The molecule has 3 rings (SSSR count). The number of hydrogen-bond donors (Lipinski definition) is 1. The van der Waals surface area contributed by atoms with Crippen LogP contribution in [0, 0.1) is 11.3 Å². The fraction of sp³-hybridized carbons (Fsp3) is 0.364. The highest BCUT2D eigenvalue weighted by Gasteiger charge is 2.50. The Labute approximate surface area is 202 Å². The molecule has 7 nitrogen and oxygen atoms in total. The summed E-state index contributed by atoms with van der Waals surface area (Å²) in [7, 11) is 0. The summed E-state index contributed by atoms with van der Waals surface area (Å²) < 4.78 is 71.4. The molecule has 0 atom stereocenters. The third-order valence-corrected chi connectivity index (χ3v) is 5.71. The largest absolute Gasteiger partial charge is 0.471 e. The maximum atomic E-state index is 13.4. The summed E-state index contributed by atoms with van der Waals surface area (Å²) in [5.41, 5.74) is -2.61. The van der Waals surface area contributed by atoms with Crippen molar-refractivity contribution < 1.29 is 36.6 Å². The molecule has 0 spiro atoms. The van der Waals surface area contributed by atoms with Crippen LogP contribution >= 0.6 is 12.2 Å². The summed E-state index contributed by atoms with van der Waals surface area (Å²) >= 11 is 5.42. The molecule has 0 saturated carbocycles. The predicted molar refractivity (Wildman–Crippen MR) is 118 cm³/mol. The average molecular weight is 514 g/mol. The lowest BCUT2D eigenvalue weighted by molar-refractivity contribution is -0.137. The Morgan fingerprint density at radius 3 is 2.43 bits per heavy atom. The van der Waals surface area contributed by atoms with Crippen LogP contribution in [0.3, 0.4) is 0 Å². The van der Waals surface area contributed by atoms with Gasteiger partial charge in [0.25, 0.3) is 5.91 Å². The molecule has 0 radical (unpaired) electrons. The van der Waals surface area contributed by atoms with E-state index >= 15 is 0 Å². The van der Waals surface area contributed by atoms with E-state index in [1.807, 2.05) is 0 Å². The molecule has 0 bridgehead atoms. The van der Waals surface area contributed by atoms with Gasteiger partial charge in [-0.2, -0.15) is 18.4 Å². The number of ether oxygens (including phenoxy) is 1. The SMILES string of the molecule is CC1(C)C(=O)N(c2ccc(C#N)c(C(F)(F)F)c2)C(=S)N1Cc1ccc(OCC(F)(F)CO)nc1. The number of rotatable bonds is 7. The molecule has 35 heavy (non-hydrogen) atoms. The van der Waals surface area contributed by atoms with E-state index in [0.29, 0.717) is 11.6 Å². The van der Waals surface area contributed by atoms with Crippen LogP contribution < -0.4 is 9.64 Å². The number of aliphatic hydroxyl groups is 1. The maximum Gasteiger partial charge on any atom is 0.417 e. The molecule has 1 aliphatic heterocycles. The lowest BCUT2D eigenvalue weighted by Crippen LogP contribution is -2.43. The second-order valence-corrected chi connectivity index (χ2v) is 8.58. The molecule has 0 aliphatic carbocycles. The van der Waals surface area contributed by atoms with Gasteiger partial charge in [0.1, 0.15) is 12.1 Å². The minimum atomic E-state index is -4.81. The lowest BCUT2D eigenvalue weighted by atomic mass is 10.0. The number of anilines is 1. The number of carbonyl (C=O) groups excluding carboxylic acids is 1. The fourth-order valence-electron chi connectivity index (χ4n) is 3.33. The first-order valence-electron chi connectivity index (χ1n) is 10.0. The molecular weight excluding hydrogens is 495 g/mol. The minimum absolute atomic E-state index is 0.0383. The zero-order valence-corrected chi connectivity index (χ0v) is 19.3. The van der Waals surface area contributed by atoms with Crippen LogP contribution in [0.1, 0.15) is 30.5 Å². The third-order valence-electron chi connectivity index (χ3n) is 5.31. The van der Waals surface area contributed by atoms with Crippen LogP contribution in [0.4, 0.5) is 27.6 Å². The molecule has 186 valence electrons. The van der Waals surface area contributed by atoms with Crippen molar-refractivity contribution in [3.8, 4) is 11.9 Å². The number of pyridine rings is 1. The number of halogens is 5. The maximum absolute atomic E-state index is 13.4. The number of alkyl halides is 5. The number of aliphatic hydroxyl groups excluding tert-OH is 1. The number of benzene rings is 1. The van der Waals surface area contributed by atoms with Crippen molar-refractivity contribution in [1.82, 2.24) is 9.88 Å². The zero-order chi connectivity index (χ0) is 26.2. The lowest BCUT2D eigenvalue weighted by Gasteiger charge is -2.29. The minimum Gasteiger partial charge on any atom is -0.471 e. The summed E-state index contributed by atoms with van der Waals surface area (Å²) in [6.45, 7) is 0.708. The number of hydrogen-bond acceptors (Lipinski definition) is 6. The standard InChI is InChI=1S/C22H19F5N4O3S/c1-20(2)18(33)31(15-5-4-14(8-28)16(7-15)22(25,26)27)19(35)30(20)10-13-3-6-17(29-9-13)34-12-21(23,24)11-32/h3-7,9,32H,10-12H2,1-2H3. The van der Waals surface area contributed by atoms with Crippen LogP contribution in [0.25, 0.3) is 0 Å². The van der Waals surface area contributed by atoms with E-state index in [0.717, 1.165) is 11.0 Å². The number of carbonyl (C=O) groups is 1. The quantitative estimate of drug-likeness (QED) is 0.443. The Bertz CT molecular complexity index is 1180. The second-order valence-electron chi connectivity index (χ2n) is 8.22. The summed E-state index contributed by atoms with van der Waals surface area (Å²) in [5, 5.41) is 17.5. The molecule has 1 amide bonds. The van der Waals surface area contributed by atoms with Gasteiger partial charge in [-0.15, -0.1) is 0 Å². The van der Waals surface area contributed by atoms with Gasteiger partial charge in [-0.05, 0) is 49.8 Å². The first-order chi connectivity index (χ1) is 16.2. The van der Waals surface area contributed by atoms with E-state index < -0.39 is 47.9 Å². The third kappa shape index (κ3) is 5.33. The predicted octanol–water partition coefficient (Wildman–Crippen LogP) is 3.89. The molecule has 1 aromatic carbocycles. The topological polar surface area (TPSA) is 89.7 Å². The summed E-state index contributed by atoms with van der Waals surface area (Å²) in [6, 6.07) is 7.22. The second kappa shape index (κ2) is 9.35. The Morgan fingerprint density at radius 1 is 1.20 bits per heavy atom. The van der Waals surface area contributed by atoms with Gasteiger partial charge >= 0.3 is 12.1 Å². The van der Waals surface area contributed by atoms with Gasteiger partial charge in [0.2, 0.25) is 5.88 Å². The van der Waals surface area contributed by atoms with Crippen molar-refractivity contribution in [3.05, 3.63) is 53.2 Å². The first kappa shape index (κ1) is 26.2. The zero-order valence-electron chi connectivity index (χ0n) is 18.4. The van der Waals surface area contributed by atoms with Gasteiger partial charge in [-0.3, -0.25) is 9.69 Å². The number of amides is 1. The molecular formula is C22H19F5N4O3S. The van der Waals surface area contributed by atoms with E-state index in [9.17, 15) is 26.7 Å². The Kier molecular flexibility index (Phi) is 7.01. The van der Waals surface area contributed by atoms with Gasteiger partial charge in [-0.1, -0.05) is 6.07 Å². The molecule has 13 heteroatoms. The van der Waals surface area contributed by atoms with Gasteiger partial charge in [0, 0.05) is 18.8 Å². The normalized spacial score (nSPS) is 16.0. The molecule has 1 saturated heterocycles. The molecule has 1 N–H and O–H groups in total. The van der Waals surface area contributed by atoms with Crippen molar-refractivity contribution in [2.45, 2.75) is 38.0 Å². The highest BCUT2D eigenvalue weighted by molar-refractivity contribution is 7.80. The van der Waals surface area contributed by atoms with Crippen LogP contribution in [0.15, 0.2) is 36.5 Å². The highest BCUT2D eigenvalue weighted by atomic mass is 32.1. The number of thiocarbonyl (C=S) groups is 1. The van der Waals surface area contributed by atoms with Crippen molar-refractivity contribution in [2.24, 2.45) is 0 Å². The van der Waals surface area contributed by atoms with Crippen molar-refractivity contribution in [3.63, 3.8) is 0 Å². The summed E-state index contributed by atoms with van der Waals surface area (Å²) in [5.74, 6) is -4.10. The van der Waals surface area contributed by atoms with E-state index in [1.165, 1.54) is 35.4 Å². The first-order valence-corrected chi connectivity index (χ1v) is 10.5. The van der Waals surface area contributed by atoms with E-state index in [4.69, 9.17) is 27.3 Å². The molecule has 2 aromatic rings. The molecule has 1 aromatic heterocycles. The fourth-order valence-corrected chi connectivity index (χ4v) is 3.81. The Hall–Kier alpha value is -3.37. The molecule has 1 fully saturated rings. The van der Waals surface area contributed by atoms with E-state index in [1.54, 1.807) is 13.8 Å². The number of nitrogens with zero attached hydrogens (tertiary/aromatic N) is 4. The number of nitriles is 1. The van der Waals surface area contributed by atoms with Crippen LogP contribution in [0.5, 0.6) is 5.88 Å². The smallest absolute Gasteiger partial charge is 0.417 e. The van der Waals surface area contributed by atoms with Crippen molar-refractivity contribution >= 4 is 28.9 Å². The molecule has 2 heterocycles. The van der Waals surface area contributed by atoms with Crippen LogP contribution in [-0.2, 0) is 17.5 Å². The summed E-state index contributed by atoms with van der Waals surface area (Å²) in [4.78, 5) is 19.5. The Morgan fingerprint density at radius 2 is 1.89 bits per heavy atom. The summed E-state index contributed by atoms with van der Waals surface area (Å²) in [6.07, 6.45) is -3.49.